The molecule has 1 heterocycles. The molecule has 2 nitrogen and oxygen atoms in total. The summed E-state index contributed by atoms with van der Waals surface area (Å²) in [5.41, 5.74) is 7.17. The highest BCUT2D eigenvalue weighted by Gasteiger charge is 2.34. The Balaban J connectivity index is 1.38. The summed E-state index contributed by atoms with van der Waals surface area (Å²) >= 11 is 1.75. The Labute approximate surface area is 184 Å². The van der Waals surface area contributed by atoms with Gasteiger partial charge in [-0.3, -0.25) is 4.72 Å². The Morgan fingerprint density at radius 2 is 1.47 bits per heavy atom. The first-order valence-electron chi connectivity index (χ1n) is 11.0. The SMILES string of the molecule is Cc1ccc(SNC2CCOC(C3c4ccccc4CCc4ccccc43)C2)cc1. The molecule has 1 aliphatic heterocycles. The molecular weight excluding hydrogens is 386 g/mol. The minimum absolute atomic E-state index is 0.204. The lowest BCUT2D eigenvalue weighted by Gasteiger charge is -2.36. The van der Waals surface area contributed by atoms with E-state index in [9.17, 15) is 0 Å². The molecule has 3 aromatic carbocycles. The molecule has 154 valence electrons. The first-order valence-corrected chi connectivity index (χ1v) is 11.9. The molecule has 5 rings (SSSR count). The maximum Gasteiger partial charge on any atom is 0.0699 e. The van der Waals surface area contributed by atoms with Crippen molar-refractivity contribution in [1.29, 1.82) is 0 Å². The summed E-state index contributed by atoms with van der Waals surface area (Å²) in [6, 6.07) is 27.2. The van der Waals surface area contributed by atoms with Crippen LogP contribution >= 0.6 is 11.9 Å². The fourth-order valence-corrected chi connectivity index (χ4v) is 5.68. The molecule has 2 atom stereocenters. The first kappa shape index (κ1) is 19.9. The van der Waals surface area contributed by atoms with Gasteiger partial charge in [-0.25, -0.2) is 0 Å². The number of aryl methyl sites for hydroxylation is 3. The highest BCUT2D eigenvalue weighted by Crippen LogP contribution is 2.40. The van der Waals surface area contributed by atoms with Crippen molar-refractivity contribution in [2.75, 3.05) is 6.61 Å². The Bertz CT molecular complexity index is 952. The van der Waals surface area contributed by atoms with Crippen LogP contribution in [0.15, 0.2) is 77.7 Å². The van der Waals surface area contributed by atoms with Gasteiger partial charge in [-0.05, 0) is 78.9 Å². The van der Waals surface area contributed by atoms with E-state index in [-0.39, 0.29) is 6.10 Å². The van der Waals surface area contributed by atoms with Crippen LogP contribution in [0.2, 0.25) is 0 Å². The van der Waals surface area contributed by atoms with Gasteiger partial charge in [0.2, 0.25) is 0 Å². The molecule has 0 spiro atoms. The predicted octanol–water partition coefficient (Wildman–Crippen LogP) is 6.07. The van der Waals surface area contributed by atoms with Crippen LogP contribution in [-0.4, -0.2) is 18.8 Å². The van der Waals surface area contributed by atoms with E-state index in [0.717, 1.165) is 32.3 Å². The van der Waals surface area contributed by atoms with Gasteiger partial charge in [-0.1, -0.05) is 66.2 Å². The largest absolute Gasteiger partial charge is 0.377 e. The van der Waals surface area contributed by atoms with Crippen LogP contribution in [0.4, 0.5) is 0 Å². The van der Waals surface area contributed by atoms with E-state index in [1.54, 1.807) is 11.9 Å². The number of hydrogen-bond donors (Lipinski definition) is 1. The Kier molecular flexibility index (Phi) is 5.94. The van der Waals surface area contributed by atoms with Crippen LogP contribution in [0.25, 0.3) is 0 Å². The molecule has 2 aliphatic rings. The average molecular weight is 416 g/mol. The highest BCUT2D eigenvalue weighted by atomic mass is 32.2. The van der Waals surface area contributed by atoms with E-state index in [1.807, 2.05) is 0 Å². The summed E-state index contributed by atoms with van der Waals surface area (Å²) in [6.45, 7) is 2.95. The summed E-state index contributed by atoms with van der Waals surface area (Å²) in [5, 5.41) is 0. The second-order valence-corrected chi connectivity index (χ2v) is 9.45. The zero-order valence-corrected chi connectivity index (χ0v) is 18.3. The lowest BCUT2D eigenvalue weighted by atomic mass is 9.80. The third kappa shape index (κ3) is 4.20. The molecule has 0 amide bonds. The van der Waals surface area contributed by atoms with E-state index in [2.05, 4.69) is 84.4 Å². The molecular formula is C27H29NOS. The third-order valence-corrected chi connectivity index (χ3v) is 7.45. The van der Waals surface area contributed by atoms with Crippen molar-refractivity contribution in [2.45, 2.75) is 55.6 Å². The minimum Gasteiger partial charge on any atom is -0.377 e. The summed E-state index contributed by atoms with van der Waals surface area (Å²) in [5.74, 6) is 0.314. The summed E-state index contributed by atoms with van der Waals surface area (Å²) in [7, 11) is 0. The van der Waals surface area contributed by atoms with Gasteiger partial charge in [-0.15, -0.1) is 0 Å². The molecule has 1 saturated heterocycles. The predicted molar refractivity (Wildman–Crippen MR) is 125 cm³/mol. The normalized spacial score (nSPS) is 21.5. The lowest BCUT2D eigenvalue weighted by molar-refractivity contribution is -0.00360. The fourth-order valence-electron chi connectivity index (χ4n) is 4.89. The molecule has 2 unspecified atom stereocenters. The second-order valence-electron chi connectivity index (χ2n) is 8.54. The molecule has 0 bridgehead atoms. The van der Waals surface area contributed by atoms with Crippen LogP contribution in [0, 0.1) is 6.92 Å². The Morgan fingerprint density at radius 1 is 0.833 bits per heavy atom. The van der Waals surface area contributed by atoms with Gasteiger partial charge in [0.15, 0.2) is 0 Å². The lowest BCUT2D eigenvalue weighted by Crippen LogP contribution is -2.39. The third-order valence-electron chi connectivity index (χ3n) is 6.50. The van der Waals surface area contributed by atoms with E-state index >= 15 is 0 Å². The van der Waals surface area contributed by atoms with Crippen LogP contribution in [0.1, 0.15) is 46.6 Å². The number of nitrogens with one attached hydrogen (secondary N) is 1. The van der Waals surface area contributed by atoms with Crippen molar-refractivity contribution in [3.05, 3.63) is 101 Å². The van der Waals surface area contributed by atoms with Gasteiger partial charge >= 0.3 is 0 Å². The smallest absolute Gasteiger partial charge is 0.0699 e. The van der Waals surface area contributed by atoms with Crippen LogP contribution in [0.3, 0.4) is 0 Å². The van der Waals surface area contributed by atoms with Crippen molar-refractivity contribution in [2.24, 2.45) is 0 Å². The van der Waals surface area contributed by atoms with Gasteiger partial charge in [0, 0.05) is 23.5 Å². The zero-order valence-electron chi connectivity index (χ0n) is 17.5. The van der Waals surface area contributed by atoms with Gasteiger partial charge < -0.3 is 4.74 Å². The number of rotatable bonds is 4. The van der Waals surface area contributed by atoms with Crippen LogP contribution in [0.5, 0.6) is 0 Å². The summed E-state index contributed by atoms with van der Waals surface area (Å²) < 4.78 is 10.2. The Hall–Kier alpha value is -2.07. The topological polar surface area (TPSA) is 21.3 Å². The summed E-state index contributed by atoms with van der Waals surface area (Å²) in [4.78, 5) is 1.27. The number of ether oxygens (including phenoxy) is 1. The number of fused-ring (bicyclic) bond motifs is 2. The van der Waals surface area contributed by atoms with Gasteiger partial charge in [0.05, 0.1) is 6.10 Å². The molecule has 1 N–H and O–H groups in total. The van der Waals surface area contributed by atoms with Gasteiger partial charge in [-0.2, -0.15) is 0 Å². The van der Waals surface area contributed by atoms with E-state index in [0.29, 0.717) is 12.0 Å². The van der Waals surface area contributed by atoms with Crippen LogP contribution < -0.4 is 4.72 Å². The van der Waals surface area contributed by atoms with Gasteiger partial charge in [0.25, 0.3) is 0 Å². The van der Waals surface area contributed by atoms with Crippen molar-refractivity contribution in [1.82, 2.24) is 4.72 Å². The van der Waals surface area contributed by atoms with E-state index in [1.165, 1.54) is 32.7 Å². The maximum atomic E-state index is 6.44. The number of benzene rings is 3. The second kappa shape index (κ2) is 8.97. The van der Waals surface area contributed by atoms with Gasteiger partial charge in [0.1, 0.15) is 0 Å². The molecule has 0 aromatic heterocycles. The molecule has 0 radical (unpaired) electrons. The maximum absolute atomic E-state index is 6.44. The monoisotopic (exact) mass is 415 g/mol. The molecule has 3 aromatic rings. The molecule has 1 fully saturated rings. The van der Waals surface area contributed by atoms with Crippen molar-refractivity contribution < 1.29 is 4.74 Å². The van der Waals surface area contributed by atoms with Crippen molar-refractivity contribution in [3.8, 4) is 0 Å². The first-order chi connectivity index (χ1) is 14.8. The molecule has 30 heavy (non-hydrogen) atoms. The average Bonchev–Trinajstić information content (AvgIpc) is 2.96. The Morgan fingerprint density at radius 3 is 2.13 bits per heavy atom. The zero-order chi connectivity index (χ0) is 20.3. The van der Waals surface area contributed by atoms with Crippen molar-refractivity contribution >= 4 is 11.9 Å². The summed E-state index contributed by atoms with van der Waals surface area (Å²) in [6.07, 6.45) is 4.52. The van der Waals surface area contributed by atoms with Crippen molar-refractivity contribution in [3.63, 3.8) is 0 Å². The van der Waals surface area contributed by atoms with E-state index in [4.69, 9.17) is 4.74 Å². The standard InChI is InChI=1S/C27H29NOS/c1-19-10-14-23(15-11-19)30-28-22-16-17-29-26(18-22)27-24-8-4-2-6-20(24)12-13-21-7-3-5-9-25(21)27/h2-11,14-15,22,26-28H,12-13,16-18H2,1H3. The molecule has 0 saturated carbocycles. The highest BCUT2D eigenvalue weighted by molar-refractivity contribution is 7.97. The minimum atomic E-state index is 0.204. The number of hydrogen-bond acceptors (Lipinski definition) is 3. The van der Waals surface area contributed by atoms with E-state index < -0.39 is 0 Å². The molecule has 1 aliphatic carbocycles. The quantitative estimate of drug-likeness (QED) is 0.523. The molecule has 3 heteroatoms. The van der Waals surface area contributed by atoms with Crippen LogP contribution in [-0.2, 0) is 17.6 Å². The fraction of sp³-hybridized carbons (Fsp3) is 0.333.